The van der Waals surface area contributed by atoms with Crippen molar-refractivity contribution in [3.63, 3.8) is 0 Å². The summed E-state index contributed by atoms with van der Waals surface area (Å²) in [7, 11) is 0. The lowest BCUT2D eigenvalue weighted by Crippen LogP contribution is -2.41. The Morgan fingerprint density at radius 1 is 0.933 bits per heavy atom. The first-order chi connectivity index (χ1) is 14.5. The Bertz CT molecular complexity index is 664. The summed E-state index contributed by atoms with van der Waals surface area (Å²) >= 11 is 0. The van der Waals surface area contributed by atoms with Gasteiger partial charge in [-0.05, 0) is 93.1 Å². The molecule has 2 aliphatic rings. The summed E-state index contributed by atoms with van der Waals surface area (Å²) in [6, 6.07) is 8.94. The molecule has 0 nitrogen and oxygen atoms in total. The second-order valence-electron chi connectivity index (χ2n) is 9.71. The molecule has 2 atom stereocenters. The van der Waals surface area contributed by atoms with Crippen LogP contribution in [0.15, 0.2) is 49.1 Å². The van der Waals surface area contributed by atoms with E-state index < -0.39 is 5.92 Å². The standard InChI is InChI=1S/C28H40F2/c1-3-5-8-23-11-13-24(14-12-23)9-6-7-10-25-15-18-26(19-16-25)27-20-17-22(4-2)21-28(27,29)30/h3,7,10-14,22,25-27H,1,4-6,8-9,15-21H2,2H3/b10-7+. The number of allylic oxidation sites excluding steroid dienone is 3. The van der Waals surface area contributed by atoms with Crippen molar-refractivity contribution in [3.8, 4) is 0 Å². The van der Waals surface area contributed by atoms with E-state index in [1.807, 2.05) is 6.08 Å². The Balaban J connectivity index is 1.38. The Kier molecular flexibility index (Phi) is 8.72. The summed E-state index contributed by atoms with van der Waals surface area (Å²) in [4.78, 5) is 0. The minimum atomic E-state index is -2.44. The molecule has 30 heavy (non-hydrogen) atoms. The second-order valence-corrected chi connectivity index (χ2v) is 9.71. The maximum Gasteiger partial charge on any atom is 0.251 e. The van der Waals surface area contributed by atoms with Crippen LogP contribution in [0.4, 0.5) is 8.78 Å². The van der Waals surface area contributed by atoms with Crippen LogP contribution in [0.2, 0.25) is 0 Å². The summed E-state index contributed by atoms with van der Waals surface area (Å²) < 4.78 is 29.3. The van der Waals surface area contributed by atoms with Gasteiger partial charge in [0.15, 0.2) is 0 Å². The normalized spacial score (nSPS) is 29.2. The van der Waals surface area contributed by atoms with Gasteiger partial charge in [0.1, 0.15) is 0 Å². The molecule has 0 amide bonds. The van der Waals surface area contributed by atoms with Crippen molar-refractivity contribution in [2.75, 3.05) is 0 Å². The Hall–Kier alpha value is -1.44. The lowest BCUT2D eigenvalue weighted by atomic mass is 9.67. The molecular weight excluding hydrogens is 374 g/mol. The van der Waals surface area contributed by atoms with Crippen LogP contribution in [0.1, 0.15) is 82.3 Å². The first kappa shape index (κ1) is 23.2. The predicted octanol–water partition coefficient (Wildman–Crippen LogP) is 8.56. The van der Waals surface area contributed by atoms with E-state index in [0.717, 1.165) is 70.6 Å². The summed E-state index contributed by atoms with van der Waals surface area (Å²) in [5.74, 6) is -1.74. The van der Waals surface area contributed by atoms with Gasteiger partial charge in [0, 0.05) is 12.3 Å². The zero-order valence-electron chi connectivity index (χ0n) is 18.8. The van der Waals surface area contributed by atoms with E-state index in [1.54, 1.807) is 0 Å². The van der Waals surface area contributed by atoms with Crippen LogP contribution in [0, 0.1) is 23.7 Å². The van der Waals surface area contributed by atoms with Gasteiger partial charge in [0.05, 0.1) is 0 Å². The maximum absolute atomic E-state index is 14.7. The average Bonchev–Trinajstić information content (AvgIpc) is 2.76. The smallest absolute Gasteiger partial charge is 0.207 e. The highest BCUT2D eigenvalue weighted by Gasteiger charge is 2.48. The molecule has 0 N–H and O–H groups in total. The first-order valence-electron chi connectivity index (χ1n) is 12.2. The monoisotopic (exact) mass is 414 g/mol. The zero-order chi connectivity index (χ0) is 21.4. The zero-order valence-corrected chi connectivity index (χ0v) is 18.8. The SMILES string of the molecule is C=CCCc1ccc(CC/C=C/C2CCC(C3CCC(CC)CC3(F)F)CC2)cc1. The first-order valence-corrected chi connectivity index (χ1v) is 12.2. The number of alkyl halides is 2. The van der Waals surface area contributed by atoms with Crippen LogP contribution in [0.25, 0.3) is 0 Å². The van der Waals surface area contributed by atoms with E-state index in [0.29, 0.717) is 5.92 Å². The van der Waals surface area contributed by atoms with Crippen LogP contribution in [0.5, 0.6) is 0 Å². The number of hydrogen-bond acceptors (Lipinski definition) is 0. The molecule has 0 spiro atoms. The van der Waals surface area contributed by atoms with E-state index in [2.05, 4.69) is 49.9 Å². The van der Waals surface area contributed by atoms with Crippen molar-refractivity contribution < 1.29 is 8.78 Å². The van der Waals surface area contributed by atoms with Crippen molar-refractivity contribution in [2.45, 2.75) is 89.9 Å². The summed E-state index contributed by atoms with van der Waals surface area (Å²) in [6.45, 7) is 5.83. The Labute approximate surface area is 182 Å². The van der Waals surface area contributed by atoms with Crippen molar-refractivity contribution in [1.82, 2.24) is 0 Å². The Morgan fingerprint density at radius 3 is 2.13 bits per heavy atom. The molecule has 2 saturated carbocycles. The largest absolute Gasteiger partial charge is 0.251 e. The minimum absolute atomic E-state index is 0.128. The molecule has 1 aromatic carbocycles. The van der Waals surface area contributed by atoms with Crippen LogP contribution < -0.4 is 0 Å². The topological polar surface area (TPSA) is 0 Å². The van der Waals surface area contributed by atoms with Gasteiger partial charge in [0.25, 0.3) is 5.92 Å². The summed E-state index contributed by atoms with van der Waals surface area (Å²) in [5, 5.41) is 0. The van der Waals surface area contributed by atoms with Crippen LogP contribution >= 0.6 is 0 Å². The van der Waals surface area contributed by atoms with Gasteiger partial charge in [-0.25, -0.2) is 8.78 Å². The average molecular weight is 415 g/mol. The lowest BCUT2D eigenvalue weighted by molar-refractivity contribution is -0.127. The fourth-order valence-corrected chi connectivity index (χ4v) is 5.61. The third kappa shape index (κ3) is 6.53. The molecule has 0 aliphatic heterocycles. The van der Waals surface area contributed by atoms with Crippen molar-refractivity contribution in [1.29, 1.82) is 0 Å². The van der Waals surface area contributed by atoms with Crippen LogP contribution in [0.3, 0.4) is 0 Å². The molecular formula is C28H40F2. The van der Waals surface area contributed by atoms with Crippen molar-refractivity contribution >= 4 is 0 Å². The number of rotatable bonds is 9. The molecule has 2 unspecified atom stereocenters. The maximum atomic E-state index is 14.7. The van der Waals surface area contributed by atoms with E-state index in [4.69, 9.17) is 0 Å². The number of aryl methyl sites for hydroxylation is 2. The number of halogens is 2. The molecule has 0 radical (unpaired) electrons. The van der Waals surface area contributed by atoms with E-state index in [-0.39, 0.29) is 24.2 Å². The highest BCUT2D eigenvalue weighted by atomic mass is 19.3. The molecule has 1 aromatic rings. The summed E-state index contributed by atoms with van der Waals surface area (Å²) in [5.41, 5.74) is 2.76. The molecule has 0 saturated heterocycles. The van der Waals surface area contributed by atoms with E-state index in [9.17, 15) is 8.78 Å². The van der Waals surface area contributed by atoms with Gasteiger partial charge >= 0.3 is 0 Å². The third-order valence-electron chi connectivity index (χ3n) is 7.62. The van der Waals surface area contributed by atoms with Crippen molar-refractivity contribution in [2.24, 2.45) is 23.7 Å². The van der Waals surface area contributed by atoms with Crippen LogP contribution in [-0.2, 0) is 12.8 Å². The van der Waals surface area contributed by atoms with Gasteiger partial charge in [-0.1, -0.05) is 55.8 Å². The van der Waals surface area contributed by atoms with Gasteiger partial charge in [0.2, 0.25) is 0 Å². The summed E-state index contributed by atoms with van der Waals surface area (Å²) in [6.07, 6.45) is 17.8. The molecule has 2 aliphatic carbocycles. The van der Waals surface area contributed by atoms with Crippen molar-refractivity contribution in [3.05, 3.63) is 60.2 Å². The quantitative estimate of drug-likeness (QED) is 0.355. The fourth-order valence-electron chi connectivity index (χ4n) is 5.61. The number of hydrogen-bond donors (Lipinski definition) is 0. The second kappa shape index (κ2) is 11.3. The predicted molar refractivity (Wildman–Crippen MR) is 124 cm³/mol. The van der Waals surface area contributed by atoms with Crippen LogP contribution in [-0.4, -0.2) is 5.92 Å². The van der Waals surface area contributed by atoms with E-state index in [1.165, 1.54) is 11.1 Å². The highest BCUT2D eigenvalue weighted by molar-refractivity contribution is 5.23. The molecule has 3 rings (SSSR count). The van der Waals surface area contributed by atoms with Gasteiger partial charge in [-0.2, -0.15) is 0 Å². The molecule has 166 valence electrons. The van der Waals surface area contributed by atoms with Gasteiger partial charge < -0.3 is 0 Å². The van der Waals surface area contributed by atoms with Gasteiger partial charge in [-0.15, -0.1) is 6.58 Å². The number of benzene rings is 1. The molecule has 2 heteroatoms. The highest BCUT2D eigenvalue weighted by Crippen LogP contribution is 2.49. The minimum Gasteiger partial charge on any atom is -0.207 e. The molecule has 2 fully saturated rings. The van der Waals surface area contributed by atoms with Gasteiger partial charge in [-0.3, -0.25) is 0 Å². The lowest BCUT2D eigenvalue weighted by Gasteiger charge is -2.42. The third-order valence-corrected chi connectivity index (χ3v) is 7.62. The Morgan fingerprint density at radius 2 is 1.57 bits per heavy atom. The molecule has 0 heterocycles. The molecule has 0 bridgehead atoms. The molecule has 0 aromatic heterocycles. The van der Waals surface area contributed by atoms with E-state index >= 15 is 0 Å². The fraction of sp³-hybridized carbons (Fsp3) is 0.643.